The van der Waals surface area contributed by atoms with Crippen molar-refractivity contribution in [1.29, 1.82) is 5.26 Å². The smallest absolute Gasteiger partial charge is 0.271 e. The first-order chi connectivity index (χ1) is 12.5. The van der Waals surface area contributed by atoms with E-state index in [2.05, 4.69) is 20.3 Å². The van der Waals surface area contributed by atoms with Crippen LogP contribution in [0.5, 0.6) is 0 Å². The molecule has 3 aromatic rings. The molecule has 0 bridgehead atoms. The van der Waals surface area contributed by atoms with Gasteiger partial charge in [0.25, 0.3) is 5.69 Å². The van der Waals surface area contributed by atoms with Gasteiger partial charge in [-0.1, -0.05) is 6.07 Å². The number of fused-ring (bicyclic) bond motifs is 1. The molecule has 0 atom stereocenters. The van der Waals surface area contributed by atoms with E-state index in [0.29, 0.717) is 5.03 Å². The van der Waals surface area contributed by atoms with Crippen molar-refractivity contribution in [1.82, 2.24) is 14.6 Å². The molecule has 11 nitrogen and oxygen atoms in total. The molecule has 2 aromatic heterocycles. The molecule has 26 heavy (non-hydrogen) atoms. The summed E-state index contributed by atoms with van der Waals surface area (Å²) in [6.45, 7) is 0. The Kier molecular flexibility index (Phi) is 4.38. The van der Waals surface area contributed by atoms with E-state index in [4.69, 9.17) is 11.5 Å². The van der Waals surface area contributed by atoms with Gasteiger partial charge >= 0.3 is 0 Å². The van der Waals surface area contributed by atoms with Gasteiger partial charge in [-0.2, -0.15) is 10.4 Å². The summed E-state index contributed by atoms with van der Waals surface area (Å²) in [6, 6.07) is 7.65. The van der Waals surface area contributed by atoms with E-state index >= 15 is 0 Å². The molecule has 0 radical (unpaired) electrons. The van der Waals surface area contributed by atoms with Crippen LogP contribution in [-0.4, -0.2) is 25.8 Å². The molecule has 0 unspecified atom stereocenters. The largest absolute Gasteiger partial charge is 0.382 e. The van der Waals surface area contributed by atoms with Crippen molar-refractivity contribution in [3.05, 3.63) is 39.9 Å². The predicted octanol–water partition coefficient (Wildman–Crippen LogP) is 2.81. The second-order valence-electron chi connectivity index (χ2n) is 4.94. The van der Waals surface area contributed by atoms with E-state index in [-0.39, 0.29) is 39.9 Å². The SMILES string of the molecule is CSc1c(C#N)c(N)nc2c(N=Nc3cccc([N+](=O)[O-])c3)c(N)nn12. The van der Waals surface area contributed by atoms with Gasteiger partial charge in [-0.15, -0.1) is 22.0 Å². The Balaban J connectivity index is 2.13. The lowest BCUT2D eigenvalue weighted by atomic mass is 10.3. The highest BCUT2D eigenvalue weighted by molar-refractivity contribution is 7.98. The molecule has 0 saturated carbocycles. The second-order valence-corrected chi connectivity index (χ2v) is 5.73. The number of aromatic nitrogens is 3. The Bertz CT molecular complexity index is 1100. The monoisotopic (exact) mass is 369 g/mol. The number of nitriles is 1. The van der Waals surface area contributed by atoms with Crippen LogP contribution >= 0.6 is 11.8 Å². The first-order valence-electron chi connectivity index (χ1n) is 7.04. The van der Waals surface area contributed by atoms with Gasteiger partial charge in [-0.3, -0.25) is 10.1 Å². The van der Waals surface area contributed by atoms with Crippen LogP contribution in [0.15, 0.2) is 39.5 Å². The highest BCUT2D eigenvalue weighted by Crippen LogP contribution is 2.34. The number of thioether (sulfide) groups is 1. The summed E-state index contributed by atoms with van der Waals surface area (Å²) >= 11 is 1.26. The van der Waals surface area contributed by atoms with Crippen LogP contribution in [0.1, 0.15) is 5.56 Å². The summed E-state index contributed by atoms with van der Waals surface area (Å²) in [6.07, 6.45) is 1.76. The first kappa shape index (κ1) is 17.1. The van der Waals surface area contributed by atoms with Gasteiger partial charge in [0.2, 0.25) is 0 Å². The van der Waals surface area contributed by atoms with Crippen molar-refractivity contribution < 1.29 is 4.92 Å². The minimum atomic E-state index is -0.529. The van der Waals surface area contributed by atoms with Crippen molar-refractivity contribution >= 4 is 46.1 Å². The van der Waals surface area contributed by atoms with Crippen LogP contribution in [0, 0.1) is 21.4 Å². The third-order valence-electron chi connectivity index (χ3n) is 3.36. The Hall–Kier alpha value is -3.72. The molecule has 0 aliphatic heterocycles. The van der Waals surface area contributed by atoms with E-state index in [0.717, 1.165) is 0 Å². The number of nitrogens with two attached hydrogens (primary N) is 2. The number of nitrogen functional groups attached to an aromatic ring is 2. The summed E-state index contributed by atoms with van der Waals surface area (Å²) < 4.78 is 1.37. The molecule has 2 heterocycles. The number of rotatable bonds is 4. The molecular formula is C14H11N9O2S. The number of nitro groups is 1. The lowest BCUT2D eigenvalue weighted by Gasteiger charge is -2.05. The molecule has 0 saturated heterocycles. The molecular weight excluding hydrogens is 358 g/mol. The van der Waals surface area contributed by atoms with Gasteiger partial charge < -0.3 is 11.5 Å². The van der Waals surface area contributed by atoms with Crippen molar-refractivity contribution in [2.45, 2.75) is 5.03 Å². The van der Waals surface area contributed by atoms with E-state index in [1.54, 1.807) is 12.3 Å². The minimum absolute atomic E-state index is 0.0241. The van der Waals surface area contributed by atoms with Gasteiger partial charge in [0.1, 0.15) is 22.5 Å². The molecule has 0 fully saturated rings. The maximum absolute atomic E-state index is 10.8. The summed E-state index contributed by atoms with van der Waals surface area (Å²) in [4.78, 5) is 14.4. The van der Waals surface area contributed by atoms with Crippen LogP contribution in [0.2, 0.25) is 0 Å². The van der Waals surface area contributed by atoms with Crippen LogP contribution in [0.25, 0.3) is 5.65 Å². The van der Waals surface area contributed by atoms with Crippen molar-refractivity contribution in [2.24, 2.45) is 10.2 Å². The fraction of sp³-hybridized carbons (Fsp3) is 0.0714. The zero-order chi connectivity index (χ0) is 18.8. The van der Waals surface area contributed by atoms with Crippen LogP contribution in [0.3, 0.4) is 0 Å². The minimum Gasteiger partial charge on any atom is -0.382 e. The Morgan fingerprint density at radius 2 is 2.12 bits per heavy atom. The third-order valence-corrected chi connectivity index (χ3v) is 4.13. The van der Waals surface area contributed by atoms with Gasteiger partial charge in [0.05, 0.1) is 10.6 Å². The topological polar surface area (TPSA) is 174 Å². The molecule has 3 rings (SSSR count). The standard InChI is InChI=1S/C14H11N9O2S/c1-26-14-9(6-15)11(16)18-13-10(12(17)21-22(13)14)20-19-7-3-2-4-8(5-7)23(24)25/h2-5H,1H3,(H2,16,18)(H2,17,21). The van der Waals surface area contributed by atoms with Crippen LogP contribution in [0.4, 0.5) is 28.7 Å². The zero-order valence-electron chi connectivity index (χ0n) is 13.3. The predicted molar refractivity (Wildman–Crippen MR) is 95.6 cm³/mol. The first-order valence-corrected chi connectivity index (χ1v) is 8.26. The van der Waals surface area contributed by atoms with E-state index < -0.39 is 4.92 Å². The maximum atomic E-state index is 10.8. The highest BCUT2D eigenvalue weighted by Gasteiger charge is 2.19. The van der Waals surface area contributed by atoms with Crippen molar-refractivity contribution in [2.75, 3.05) is 17.7 Å². The van der Waals surface area contributed by atoms with E-state index in [1.807, 2.05) is 6.07 Å². The lowest BCUT2D eigenvalue weighted by Crippen LogP contribution is -2.04. The number of nitro benzene ring substituents is 1. The average molecular weight is 369 g/mol. The van der Waals surface area contributed by atoms with E-state index in [1.165, 1.54) is 34.5 Å². The summed E-state index contributed by atoms with van der Waals surface area (Å²) in [5, 5.41) is 32.7. The van der Waals surface area contributed by atoms with Gasteiger partial charge in [-0.05, 0) is 12.3 Å². The Morgan fingerprint density at radius 3 is 2.77 bits per heavy atom. The zero-order valence-corrected chi connectivity index (χ0v) is 14.1. The maximum Gasteiger partial charge on any atom is 0.271 e. The molecule has 1 aromatic carbocycles. The molecule has 0 spiro atoms. The van der Waals surface area contributed by atoms with Crippen LogP contribution < -0.4 is 11.5 Å². The molecule has 0 aliphatic carbocycles. The Labute approximate surface area is 150 Å². The number of azo groups is 1. The van der Waals surface area contributed by atoms with Gasteiger partial charge in [0.15, 0.2) is 17.2 Å². The summed E-state index contributed by atoms with van der Waals surface area (Å²) in [5.74, 6) is 0.0625. The molecule has 4 N–H and O–H groups in total. The third kappa shape index (κ3) is 2.87. The number of hydrogen-bond donors (Lipinski definition) is 2. The lowest BCUT2D eigenvalue weighted by molar-refractivity contribution is -0.384. The van der Waals surface area contributed by atoms with Crippen molar-refractivity contribution in [3.8, 4) is 6.07 Å². The molecule has 0 amide bonds. The molecule has 130 valence electrons. The van der Waals surface area contributed by atoms with Gasteiger partial charge in [-0.25, -0.2) is 9.50 Å². The average Bonchev–Trinajstić information content (AvgIpc) is 2.93. The number of nitrogens with zero attached hydrogens (tertiary/aromatic N) is 7. The summed E-state index contributed by atoms with van der Waals surface area (Å²) in [5.41, 5.74) is 12.5. The van der Waals surface area contributed by atoms with Gasteiger partial charge in [0, 0.05) is 12.1 Å². The molecule has 12 heteroatoms. The fourth-order valence-electron chi connectivity index (χ4n) is 2.21. The van der Waals surface area contributed by atoms with E-state index in [9.17, 15) is 15.4 Å². The highest BCUT2D eigenvalue weighted by atomic mass is 32.2. The molecule has 0 aliphatic rings. The number of non-ortho nitro benzene ring substituents is 1. The van der Waals surface area contributed by atoms with Crippen LogP contribution in [-0.2, 0) is 0 Å². The number of anilines is 2. The summed E-state index contributed by atoms with van der Waals surface area (Å²) in [7, 11) is 0. The second kappa shape index (κ2) is 6.65. The van der Waals surface area contributed by atoms with Crippen molar-refractivity contribution in [3.63, 3.8) is 0 Å². The number of benzene rings is 1. The fourth-order valence-corrected chi connectivity index (χ4v) is 2.87. The quantitative estimate of drug-likeness (QED) is 0.232. The Morgan fingerprint density at radius 1 is 1.35 bits per heavy atom. The normalized spacial score (nSPS) is 11.1. The number of hydrogen-bond acceptors (Lipinski definition) is 10.